The quantitative estimate of drug-likeness (QED) is 0.652. The fraction of sp³-hybridized carbons (Fsp3) is 0.353. The molecule has 3 aromatic rings. The summed E-state index contributed by atoms with van der Waals surface area (Å²) in [5.41, 5.74) is 2.38. The molecule has 0 spiro atoms. The normalized spacial score (nSPS) is 11.3. The maximum absolute atomic E-state index is 12.0. The first-order valence-electron chi connectivity index (χ1n) is 7.90. The van der Waals surface area contributed by atoms with E-state index in [-0.39, 0.29) is 11.8 Å². The van der Waals surface area contributed by atoms with Crippen LogP contribution in [0.3, 0.4) is 0 Å². The van der Waals surface area contributed by atoms with Crippen LogP contribution >= 0.6 is 0 Å². The molecule has 23 heavy (non-hydrogen) atoms. The van der Waals surface area contributed by atoms with Gasteiger partial charge in [-0.1, -0.05) is 32.0 Å². The third kappa shape index (κ3) is 3.59. The Morgan fingerprint density at radius 1 is 1.30 bits per heavy atom. The third-order valence-electron chi connectivity index (χ3n) is 3.83. The molecule has 0 bridgehead atoms. The van der Waals surface area contributed by atoms with Gasteiger partial charge in [0.15, 0.2) is 0 Å². The highest BCUT2D eigenvalue weighted by Gasteiger charge is 2.10. The van der Waals surface area contributed by atoms with Crippen LogP contribution in [-0.2, 0) is 11.2 Å². The van der Waals surface area contributed by atoms with Crippen LogP contribution in [0.2, 0.25) is 0 Å². The van der Waals surface area contributed by atoms with Crippen molar-refractivity contribution in [1.29, 1.82) is 0 Å². The minimum Gasteiger partial charge on any atom is -0.361 e. The fourth-order valence-electron chi connectivity index (χ4n) is 2.55. The average Bonchev–Trinajstić information content (AvgIpc) is 3.15. The van der Waals surface area contributed by atoms with E-state index in [1.54, 1.807) is 0 Å². The Kier molecular flexibility index (Phi) is 4.41. The maximum atomic E-state index is 12.0. The Morgan fingerprint density at radius 2 is 2.13 bits per heavy atom. The number of nitrogens with one attached hydrogen (secondary N) is 3. The highest BCUT2D eigenvalue weighted by molar-refractivity contribution is 5.89. The average molecular weight is 311 g/mol. The zero-order valence-electron chi connectivity index (χ0n) is 13.4. The minimum atomic E-state index is -0.0563. The molecule has 0 radical (unpaired) electrons. The standard InChI is InChI=1S/C17H21N5O/c1-11(2)16-20-17(22-21-16)19-15(23)9-5-6-12-10-18-14-8-4-3-7-13(12)14/h3-4,7-8,10-11,18H,5-6,9H2,1-2H3,(H2,19,20,21,22,23). The van der Waals surface area contributed by atoms with Gasteiger partial charge in [-0.3, -0.25) is 15.2 Å². The Labute approximate surface area is 134 Å². The van der Waals surface area contributed by atoms with Gasteiger partial charge in [0.1, 0.15) is 5.82 Å². The molecule has 0 fully saturated rings. The van der Waals surface area contributed by atoms with E-state index in [9.17, 15) is 4.79 Å². The zero-order valence-corrected chi connectivity index (χ0v) is 13.4. The van der Waals surface area contributed by atoms with Crippen molar-refractivity contribution in [2.45, 2.75) is 39.0 Å². The summed E-state index contributed by atoms with van der Waals surface area (Å²) in [7, 11) is 0. The second-order valence-electron chi connectivity index (χ2n) is 5.96. The lowest BCUT2D eigenvalue weighted by Crippen LogP contribution is -2.12. The van der Waals surface area contributed by atoms with Gasteiger partial charge in [-0.25, -0.2) is 0 Å². The van der Waals surface area contributed by atoms with E-state index >= 15 is 0 Å². The SMILES string of the molecule is CC(C)c1nc(NC(=O)CCCc2c[nH]c3ccccc23)n[nH]1. The predicted molar refractivity (Wildman–Crippen MR) is 90.3 cm³/mol. The van der Waals surface area contributed by atoms with E-state index in [4.69, 9.17) is 0 Å². The molecule has 3 N–H and O–H groups in total. The number of carbonyl (C=O) groups is 1. The molecule has 3 rings (SSSR count). The van der Waals surface area contributed by atoms with Crippen LogP contribution in [0, 0.1) is 0 Å². The molecule has 0 unspecified atom stereocenters. The number of H-pyrrole nitrogens is 2. The van der Waals surface area contributed by atoms with Crippen molar-refractivity contribution < 1.29 is 4.79 Å². The lowest BCUT2D eigenvalue weighted by molar-refractivity contribution is -0.116. The van der Waals surface area contributed by atoms with Gasteiger partial charge in [-0.15, -0.1) is 5.10 Å². The number of benzene rings is 1. The molecule has 0 saturated carbocycles. The Morgan fingerprint density at radius 3 is 2.91 bits per heavy atom. The van der Waals surface area contributed by atoms with Crippen LogP contribution in [0.25, 0.3) is 10.9 Å². The molecule has 0 aliphatic rings. The topological polar surface area (TPSA) is 86.5 Å². The molecular formula is C17H21N5O. The number of aromatic amines is 2. The number of hydrogen-bond acceptors (Lipinski definition) is 3. The van der Waals surface area contributed by atoms with Gasteiger partial charge in [0.2, 0.25) is 11.9 Å². The Hall–Kier alpha value is -2.63. The predicted octanol–water partition coefficient (Wildman–Crippen LogP) is 3.37. The smallest absolute Gasteiger partial charge is 0.248 e. The maximum Gasteiger partial charge on any atom is 0.248 e. The molecule has 120 valence electrons. The summed E-state index contributed by atoms with van der Waals surface area (Å²) >= 11 is 0. The van der Waals surface area contributed by atoms with Gasteiger partial charge in [0, 0.05) is 29.4 Å². The van der Waals surface area contributed by atoms with Gasteiger partial charge in [0.05, 0.1) is 0 Å². The van der Waals surface area contributed by atoms with E-state index in [1.165, 1.54) is 10.9 Å². The number of nitrogens with zero attached hydrogens (tertiary/aromatic N) is 2. The second-order valence-corrected chi connectivity index (χ2v) is 5.96. The summed E-state index contributed by atoms with van der Waals surface area (Å²) < 4.78 is 0. The summed E-state index contributed by atoms with van der Waals surface area (Å²) in [6.07, 6.45) is 4.12. The number of para-hydroxylation sites is 1. The summed E-state index contributed by atoms with van der Waals surface area (Å²) in [5.74, 6) is 1.33. The molecule has 6 heteroatoms. The molecule has 0 saturated heterocycles. The summed E-state index contributed by atoms with van der Waals surface area (Å²) in [6, 6.07) is 8.20. The van der Waals surface area contributed by atoms with Crippen LogP contribution in [0.1, 0.15) is 44.0 Å². The molecule has 0 aliphatic carbocycles. The highest BCUT2D eigenvalue weighted by atomic mass is 16.1. The van der Waals surface area contributed by atoms with Crippen molar-refractivity contribution in [3.05, 3.63) is 41.9 Å². The van der Waals surface area contributed by atoms with Crippen molar-refractivity contribution in [3.8, 4) is 0 Å². The number of anilines is 1. The number of carbonyl (C=O) groups excluding carboxylic acids is 1. The monoisotopic (exact) mass is 311 g/mol. The number of rotatable bonds is 6. The van der Waals surface area contributed by atoms with Crippen LogP contribution in [-0.4, -0.2) is 26.1 Å². The fourth-order valence-corrected chi connectivity index (χ4v) is 2.55. The Balaban J connectivity index is 1.51. The molecular weight excluding hydrogens is 290 g/mol. The lowest BCUT2D eigenvalue weighted by Gasteiger charge is -2.01. The van der Waals surface area contributed by atoms with Gasteiger partial charge in [0.25, 0.3) is 0 Å². The van der Waals surface area contributed by atoms with E-state index in [2.05, 4.69) is 37.6 Å². The van der Waals surface area contributed by atoms with Crippen LogP contribution in [0.5, 0.6) is 0 Å². The van der Waals surface area contributed by atoms with Crippen LogP contribution in [0.4, 0.5) is 5.95 Å². The molecule has 0 atom stereocenters. The summed E-state index contributed by atoms with van der Waals surface area (Å²) in [5, 5.41) is 10.8. The molecule has 2 aromatic heterocycles. The molecule has 6 nitrogen and oxygen atoms in total. The highest BCUT2D eigenvalue weighted by Crippen LogP contribution is 2.19. The van der Waals surface area contributed by atoms with Crippen molar-refractivity contribution in [2.24, 2.45) is 0 Å². The van der Waals surface area contributed by atoms with Gasteiger partial charge < -0.3 is 4.98 Å². The van der Waals surface area contributed by atoms with E-state index in [0.717, 1.165) is 24.2 Å². The van der Waals surface area contributed by atoms with E-state index < -0.39 is 0 Å². The lowest BCUT2D eigenvalue weighted by atomic mass is 10.1. The van der Waals surface area contributed by atoms with Gasteiger partial charge in [-0.2, -0.15) is 4.98 Å². The Bertz CT molecular complexity index is 802. The van der Waals surface area contributed by atoms with Crippen molar-refractivity contribution in [3.63, 3.8) is 0 Å². The van der Waals surface area contributed by atoms with Gasteiger partial charge in [-0.05, 0) is 24.5 Å². The van der Waals surface area contributed by atoms with Crippen molar-refractivity contribution in [2.75, 3.05) is 5.32 Å². The first-order chi connectivity index (χ1) is 11.1. The first kappa shape index (κ1) is 15.3. The third-order valence-corrected chi connectivity index (χ3v) is 3.83. The zero-order chi connectivity index (χ0) is 16.2. The van der Waals surface area contributed by atoms with E-state index in [0.29, 0.717) is 12.4 Å². The number of fused-ring (bicyclic) bond motifs is 1. The van der Waals surface area contributed by atoms with Crippen molar-refractivity contribution in [1.82, 2.24) is 20.2 Å². The largest absolute Gasteiger partial charge is 0.361 e. The minimum absolute atomic E-state index is 0.0563. The number of amides is 1. The number of hydrogen-bond donors (Lipinski definition) is 3. The van der Waals surface area contributed by atoms with Crippen molar-refractivity contribution >= 4 is 22.8 Å². The van der Waals surface area contributed by atoms with Crippen LogP contribution in [0.15, 0.2) is 30.5 Å². The van der Waals surface area contributed by atoms with Gasteiger partial charge >= 0.3 is 0 Å². The van der Waals surface area contributed by atoms with E-state index in [1.807, 2.05) is 32.2 Å². The molecule has 1 aromatic carbocycles. The first-order valence-corrected chi connectivity index (χ1v) is 7.90. The second kappa shape index (κ2) is 6.64. The number of aryl methyl sites for hydroxylation is 1. The van der Waals surface area contributed by atoms with Crippen LogP contribution < -0.4 is 5.32 Å². The summed E-state index contributed by atoms with van der Waals surface area (Å²) in [4.78, 5) is 19.5. The molecule has 1 amide bonds. The number of aromatic nitrogens is 4. The molecule has 2 heterocycles. The summed E-state index contributed by atoms with van der Waals surface area (Å²) in [6.45, 7) is 4.04. The molecule has 0 aliphatic heterocycles.